The lowest BCUT2D eigenvalue weighted by Gasteiger charge is -2.13. The van der Waals surface area contributed by atoms with Gasteiger partial charge in [0, 0.05) is 35.2 Å². The largest absolute Gasteiger partial charge is 0.326 e. The number of aromatic nitrogens is 2. The molecule has 0 saturated carbocycles. The zero-order valence-corrected chi connectivity index (χ0v) is 14.2. The quantitative estimate of drug-likeness (QED) is 0.681. The summed E-state index contributed by atoms with van der Waals surface area (Å²) in [5.41, 5.74) is 1.68. The summed E-state index contributed by atoms with van der Waals surface area (Å²) in [7, 11) is 0. The van der Waals surface area contributed by atoms with E-state index in [0.29, 0.717) is 27.9 Å². The Hall–Kier alpha value is -2.41. The molecule has 0 saturated heterocycles. The Balaban J connectivity index is 1.73. The van der Waals surface area contributed by atoms with E-state index in [4.69, 9.17) is 0 Å². The summed E-state index contributed by atoms with van der Waals surface area (Å²) in [4.78, 5) is 40.2. The van der Waals surface area contributed by atoms with Crippen LogP contribution in [0, 0.1) is 6.92 Å². The topological polar surface area (TPSA) is 81.1 Å². The summed E-state index contributed by atoms with van der Waals surface area (Å²) in [6, 6.07) is 8.09. The smallest absolute Gasteiger partial charge is 0.254 e. The number of nitrogens with one attached hydrogen (secondary N) is 1. The molecule has 24 heavy (non-hydrogen) atoms. The third-order valence-corrected chi connectivity index (χ3v) is 4.89. The van der Waals surface area contributed by atoms with Crippen molar-refractivity contribution >= 4 is 29.1 Å². The lowest BCUT2D eigenvalue weighted by Crippen LogP contribution is -2.27. The molecule has 1 atom stereocenters. The van der Waals surface area contributed by atoms with Gasteiger partial charge in [0.1, 0.15) is 0 Å². The van der Waals surface area contributed by atoms with E-state index in [0.717, 1.165) is 0 Å². The van der Waals surface area contributed by atoms with E-state index in [1.165, 1.54) is 24.8 Å². The van der Waals surface area contributed by atoms with Crippen LogP contribution in [0.1, 0.15) is 35.4 Å². The van der Waals surface area contributed by atoms with Crippen LogP contribution < -0.4 is 10.9 Å². The molecule has 2 heterocycles. The maximum atomic E-state index is 12.3. The van der Waals surface area contributed by atoms with E-state index < -0.39 is 0 Å². The van der Waals surface area contributed by atoms with Crippen molar-refractivity contribution in [1.29, 1.82) is 0 Å². The summed E-state index contributed by atoms with van der Waals surface area (Å²) in [6.45, 7) is 3.26. The first kappa shape index (κ1) is 16.4. The van der Waals surface area contributed by atoms with Gasteiger partial charge in [-0.15, -0.1) is 0 Å². The monoisotopic (exact) mass is 343 g/mol. The molecule has 1 aromatic heterocycles. The van der Waals surface area contributed by atoms with Crippen LogP contribution in [0.2, 0.25) is 0 Å². The molecule has 0 spiro atoms. The number of carbonyl (C=O) groups is 2. The third kappa shape index (κ3) is 3.41. The van der Waals surface area contributed by atoms with Crippen LogP contribution in [0.5, 0.6) is 0 Å². The van der Waals surface area contributed by atoms with Crippen molar-refractivity contribution in [1.82, 2.24) is 9.55 Å². The SMILES string of the molecule is CC(=O)c1cccc(NC(=O)CC2CSc3nc(C)cc(=O)n32)c1. The molecule has 124 valence electrons. The summed E-state index contributed by atoms with van der Waals surface area (Å²) < 4.78 is 1.59. The number of thioether (sulfide) groups is 1. The van der Waals surface area contributed by atoms with E-state index in [2.05, 4.69) is 10.3 Å². The molecule has 6 nitrogen and oxygen atoms in total. The summed E-state index contributed by atoms with van der Waals surface area (Å²) in [6.07, 6.45) is 0.189. The average molecular weight is 343 g/mol. The van der Waals surface area contributed by atoms with Crippen molar-refractivity contribution in [2.24, 2.45) is 0 Å². The number of Topliss-reactive ketones (excluding diaryl/α,β-unsaturated/α-hetero) is 1. The lowest BCUT2D eigenvalue weighted by atomic mass is 10.1. The highest BCUT2D eigenvalue weighted by Crippen LogP contribution is 2.32. The minimum absolute atomic E-state index is 0.0554. The number of benzene rings is 1. The van der Waals surface area contributed by atoms with E-state index in [1.807, 2.05) is 0 Å². The molecular formula is C17H17N3O3S. The minimum atomic E-state index is -0.207. The van der Waals surface area contributed by atoms with Crippen LogP contribution in [0.25, 0.3) is 0 Å². The fourth-order valence-electron chi connectivity index (χ4n) is 2.65. The zero-order valence-electron chi connectivity index (χ0n) is 13.4. The summed E-state index contributed by atoms with van der Waals surface area (Å²) in [5, 5.41) is 3.45. The second kappa shape index (κ2) is 6.60. The van der Waals surface area contributed by atoms with Crippen molar-refractivity contribution < 1.29 is 9.59 Å². The van der Waals surface area contributed by atoms with Crippen LogP contribution in [0.3, 0.4) is 0 Å². The molecule has 1 aromatic carbocycles. The molecule has 1 amide bonds. The Labute approximate surface area is 143 Å². The van der Waals surface area contributed by atoms with Crippen LogP contribution in [0.4, 0.5) is 5.69 Å². The molecule has 0 aliphatic carbocycles. The number of rotatable bonds is 4. The second-order valence-electron chi connectivity index (χ2n) is 5.74. The molecule has 1 N–H and O–H groups in total. The predicted molar refractivity (Wildman–Crippen MR) is 92.7 cm³/mol. The first-order valence-corrected chi connectivity index (χ1v) is 8.56. The van der Waals surface area contributed by atoms with Crippen LogP contribution in [-0.2, 0) is 4.79 Å². The number of hydrogen-bond donors (Lipinski definition) is 1. The van der Waals surface area contributed by atoms with E-state index >= 15 is 0 Å². The predicted octanol–water partition coefficient (Wildman–Crippen LogP) is 2.43. The first-order valence-electron chi connectivity index (χ1n) is 7.58. The van der Waals surface area contributed by atoms with Crippen LogP contribution >= 0.6 is 11.8 Å². The highest BCUT2D eigenvalue weighted by Gasteiger charge is 2.27. The number of aryl methyl sites for hydroxylation is 1. The number of amides is 1. The molecule has 0 radical (unpaired) electrons. The molecule has 0 bridgehead atoms. The van der Waals surface area contributed by atoms with Gasteiger partial charge in [-0.3, -0.25) is 19.0 Å². The van der Waals surface area contributed by atoms with Crippen molar-refractivity contribution in [3.8, 4) is 0 Å². The Bertz CT molecular complexity index is 876. The van der Waals surface area contributed by atoms with Gasteiger partial charge in [-0.25, -0.2) is 4.98 Å². The van der Waals surface area contributed by atoms with Crippen molar-refractivity contribution in [2.75, 3.05) is 11.1 Å². The molecule has 1 aliphatic rings. The number of fused-ring (bicyclic) bond motifs is 1. The van der Waals surface area contributed by atoms with Gasteiger partial charge in [-0.2, -0.15) is 0 Å². The number of ketones is 1. The van der Waals surface area contributed by atoms with Gasteiger partial charge in [0.25, 0.3) is 5.56 Å². The summed E-state index contributed by atoms with van der Waals surface area (Å²) in [5.74, 6) is 0.397. The van der Waals surface area contributed by atoms with Gasteiger partial charge in [0.2, 0.25) is 5.91 Å². The van der Waals surface area contributed by atoms with Crippen LogP contribution in [-0.4, -0.2) is 27.0 Å². The van der Waals surface area contributed by atoms with Crippen LogP contribution in [0.15, 0.2) is 40.3 Å². The van der Waals surface area contributed by atoms with Crippen molar-refractivity contribution in [3.05, 3.63) is 51.9 Å². The zero-order chi connectivity index (χ0) is 17.3. The highest BCUT2D eigenvalue weighted by molar-refractivity contribution is 7.99. The molecule has 7 heteroatoms. The van der Waals surface area contributed by atoms with E-state index in [-0.39, 0.29) is 29.7 Å². The number of carbonyl (C=O) groups excluding carboxylic acids is 2. The van der Waals surface area contributed by atoms with Gasteiger partial charge >= 0.3 is 0 Å². The molecule has 2 aromatic rings. The molecule has 0 fully saturated rings. The Morgan fingerprint density at radius 3 is 2.92 bits per heavy atom. The second-order valence-corrected chi connectivity index (χ2v) is 6.73. The van der Waals surface area contributed by atoms with Crippen molar-refractivity contribution in [3.63, 3.8) is 0 Å². The molecular weight excluding hydrogens is 326 g/mol. The minimum Gasteiger partial charge on any atom is -0.326 e. The van der Waals surface area contributed by atoms with Gasteiger partial charge < -0.3 is 5.32 Å². The van der Waals surface area contributed by atoms with Gasteiger partial charge in [-0.1, -0.05) is 23.9 Å². The normalized spacial score (nSPS) is 15.8. The lowest BCUT2D eigenvalue weighted by molar-refractivity contribution is -0.116. The van der Waals surface area contributed by atoms with Gasteiger partial charge in [0.05, 0.1) is 6.04 Å². The maximum absolute atomic E-state index is 12.3. The van der Waals surface area contributed by atoms with E-state index in [9.17, 15) is 14.4 Å². The standard InChI is InChI=1S/C17H17N3O3S/c1-10-6-16(23)20-14(9-24-17(20)18-10)8-15(22)19-13-5-3-4-12(7-13)11(2)21/h3-7,14H,8-9H2,1-2H3,(H,19,22). The third-order valence-electron chi connectivity index (χ3n) is 3.79. The van der Waals surface area contributed by atoms with Gasteiger partial charge in [0.15, 0.2) is 10.9 Å². The Kier molecular flexibility index (Phi) is 4.53. The van der Waals surface area contributed by atoms with Gasteiger partial charge in [-0.05, 0) is 26.0 Å². The van der Waals surface area contributed by atoms with Crippen molar-refractivity contribution in [2.45, 2.75) is 31.5 Å². The fraction of sp³-hybridized carbons (Fsp3) is 0.294. The summed E-state index contributed by atoms with van der Waals surface area (Å²) >= 11 is 1.49. The van der Waals surface area contributed by atoms with E-state index in [1.54, 1.807) is 35.8 Å². The molecule has 3 rings (SSSR count). The molecule has 1 aliphatic heterocycles. The molecule has 1 unspecified atom stereocenters. The highest BCUT2D eigenvalue weighted by atomic mass is 32.2. The Morgan fingerprint density at radius 1 is 1.38 bits per heavy atom. The number of anilines is 1. The fourth-order valence-corrected chi connectivity index (χ4v) is 3.85. The Morgan fingerprint density at radius 2 is 2.17 bits per heavy atom. The first-order chi connectivity index (χ1) is 11.4. The number of nitrogens with zero attached hydrogens (tertiary/aromatic N) is 2. The maximum Gasteiger partial charge on any atom is 0.254 e. The average Bonchev–Trinajstić information content (AvgIpc) is 2.90. The number of hydrogen-bond acceptors (Lipinski definition) is 5.